The minimum Gasteiger partial charge on any atom is -0.436 e. The molecule has 0 aliphatic rings. The van der Waals surface area contributed by atoms with Gasteiger partial charge in [0.1, 0.15) is 5.52 Å². The second-order valence-electron chi connectivity index (χ2n) is 10.9. The highest BCUT2D eigenvalue weighted by Gasteiger charge is 2.17. The molecule has 0 N–H and O–H groups in total. The summed E-state index contributed by atoms with van der Waals surface area (Å²) in [7, 11) is 0. The van der Waals surface area contributed by atoms with Gasteiger partial charge in [0.05, 0.1) is 16.7 Å². The summed E-state index contributed by atoms with van der Waals surface area (Å²) >= 11 is 0. The maximum atomic E-state index is 6.36. The molecule has 0 amide bonds. The summed E-state index contributed by atoms with van der Waals surface area (Å²) in [5.41, 5.74) is 9.84. The first kappa shape index (κ1) is 24.5. The number of hydrogen-bond donors (Lipinski definition) is 0. The molecule has 0 atom stereocenters. The Morgan fingerprint density at radius 2 is 1.27 bits per heavy atom. The Morgan fingerprint density at radius 1 is 0.523 bits per heavy atom. The van der Waals surface area contributed by atoms with Crippen molar-refractivity contribution in [2.75, 3.05) is 0 Å². The number of pyridine rings is 1. The molecule has 0 aliphatic heterocycles. The molecule has 0 saturated carbocycles. The Kier molecular flexibility index (Phi) is 5.40. The Morgan fingerprint density at radius 3 is 2.09 bits per heavy atom. The molecule has 5 heterocycles. The van der Waals surface area contributed by atoms with E-state index >= 15 is 0 Å². The first-order valence-electron chi connectivity index (χ1n) is 14.6. The van der Waals surface area contributed by atoms with Crippen LogP contribution in [0.4, 0.5) is 0 Å². The molecule has 0 radical (unpaired) electrons. The van der Waals surface area contributed by atoms with E-state index in [1.807, 2.05) is 67.1 Å². The maximum Gasteiger partial charge on any atom is 0.227 e. The van der Waals surface area contributed by atoms with E-state index in [1.54, 1.807) is 0 Å². The highest BCUT2D eigenvalue weighted by Crippen LogP contribution is 2.37. The fourth-order valence-electron chi connectivity index (χ4n) is 6.15. The van der Waals surface area contributed by atoms with Crippen LogP contribution in [0.2, 0.25) is 0 Å². The van der Waals surface area contributed by atoms with Crippen molar-refractivity contribution in [2.45, 2.75) is 0 Å². The lowest BCUT2D eigenvalue weighted by atomic mass is 10.1. The molecular weight excluding hydrogens is 542 g/mol. The van der Waals surface area contributed by atoms with Crippen molar-refractivity contribution in [1.29, 1.82) is 0 Å². The van der Waals surface area contributed by atoms with Gasteiger partial charge in [-0.05, 0) is 84.9 Å². The van der Waals surface area contributed by atoms with Crippen LogP contribution in [0.5, 0.6) is 0 Å². The molecule has 4 aromatic carbocycles. The molecule has 0 bridgehead atoms. The molecule has 9 rings (SSSR count). The quantitative estimate of drug-likeness (QED) is 0.208. The van der Waals surface area contributed by atoms with Crippen molar-refractivity contribution in [3.8, 4) is 39.8 Å². The molecule has 0 fully saturated rings. The van der Waals surface area contributed by atoms with Gasteiger partial charge >= 0.3 is 0 Å². The number of rotatable bonds is 5. The van der Waals surface area contributed by atoms with Crippen LogP contribution >= 0.6 is 0 Å². The number of fused-ring (bicyclic) bond motifs is 4. The summed E-state index contributed by atoms with van der Waals surface area (Å²) < 4.78 is 12.9. The molecular formula is C38H25N5O. The van der Waals surface area contributed by atoms with Crippen LogP contribution in [-0.2, 0) is 0 Å². The molecule has 9 aromatic rings. The van der Waals surface area contributed by atoms with E-state index in [1.165, 1.54) is 10.8 Å². The number of aromatic nitrogens is 5. The Balaban J connectivity index is 1.26. The minimum absolute atomic E-state index is 0.596. The summed E-state index contributed by atoms with van der Waals surface area (Å²) in [4.78, 5) is 9.55. The summed E-state index contributed by atoms with van der Waals surface area (Å²) in [6.45, 7) is 0. The topological polar surface area (TPSA) is 53.7 Å². The summed E-state index contributed by atoms with van der Waals surface area (Å²) in [6.07, 6.45) is 10.0. The predicted octanol–water partition coefficient (Wildman–Crippen LogP) is 9.24. The van der Waals surface area contributed by atoms with Crippen LogP contribution in [0.25, 0.3) is 72.7 Å². The van der Waals surface area contributed by atoms with E-state index in [-0.39, 0.29) is 0 Å². The number of oxazole rings is 1. The lowest BCUT2D eigenvalue weighted by molar-refractivity contribution is 0.619. The predicted molar refractivity (Wildman–Crippen MR) is 176 cm³/mol. The van der Waals surface area contributed by atoms with Crippen molar-refractivity contribution in [3.05, 3.63) is 152 Å². The normalized spacial score (nSPS) is 11.6. The standard InChI is InChI=1S/C38H25N5O/c1-2-11-35-31(9-1)32-14-12-26(38-40-34-15-13-28(25-37(34)44-38)41-17-5-6-18-41)23-36(32)43(35)30-22-27(33-10-3-4-16-39-33)21-29(24-30)42-19-7-8-20-42/h1-25H. The van der Waals surface area contributed by atoms with Crippen LogP contribution in [0.15, 0.2) is 157 Å². The van der Waals surface area contributed by atoms with E-state index in [9.17, 15) is 0 Å². The van der Waals surface area contributed by atoms with Gasteiger partial charge in [0.15, 0.2) is 5.58 Å². The average molecular weight is 568 g/mol. The van der Waals surface area contributed by atoms with Crippen LogP contribution < -0.4 is 0 Å². The first-order valence-corrected chi connectivity index (χ1v) is 14.6. The zero-order valence-corrected chi connectivity index (χ0v) is 23.6. The van der Waals surface area contributed by atoms with Gasteiger partial charge in [-0.3, -0.25) is 4.98 Å². The van der Waals surface area contributed by atoms with Gasteiger partial charge in [-0.2, -0.15) is 0 Å². The second-order valence-corrected chi connectivity index (χ2v) is 10.9. The minimum atomic E-state index is 0.596. The van der Waals surface area contributed by atoms with E-state index in [2.05, 4.69) is 104 Å². The molecule has 6 heteroatoms. The molecule has 0 saturated heterocycles. The first-order chi connectivity index (χ1) is 21.8. The van der Waals surface area contributed by atoms with Crippen LogP contribution in [0, 0.1) is 0 Å². The zero-order valence-electron chi connectivity index (χ0n) is 23.6. The molecule has 6 nitrogen and oxygen atoms in total. The van der Waals surface area contributed by atoms with Crippen molar-refractivity contribution in [2.24, 2.45) is 0 Å². The van der Waals surface area contributed by atoms with Gasteiger partial charge in [-0.1, -0.05) is 30.3 Å². The average Bonchev–Trinajstić information content (AvgIpc) is 3.90. The SMILES string of the molecule is c1ccc(-c2cc(-n3cccc3)cc(-n3c4ccccc4c4ccc(-c5nc6ccc(-n7cccc7)cc6o5)cc43)c2)nc1. The highest BCUT2D eigenvalue weighted by molar-refractivity contribution is 6.10. The van der Waals surface area contributed by atoms with Crippen LogP contribution in [0.3, 0.4) is 0 Å². The Bertz CT molecular complexity index is 2430. The maximum absolute atomic E-state index is 6.36. The van der Waals surface area contributed by atoms with Crippen molar-refractivity contribution < 1.29 is 4.42 Å². The van der Waals surface area contributed by atoms with E-state index in [0.29, 0.717) is 5.89 Å². The van der Waals surface area contributed by atoms with Crippen molar-refractivity contribution >= 4 is 32.9 Å². The van der Waals surface area contributed by atoms with E-state index in [0.717, 1.165) is 56.0 Å². The van der Waals surface area contributed by atoms with Gasteiger partial charge in [-0.25, -0.2) is 4.98 Å². The Labute approximate surface area is 252 Å². The summed E-state index contributed by atoms with van der Waals surface area (Å²) in [5, 5.41) is 2.36. The smallest absolute Gasteiger partial charge is 0.227 e. The molecule has 0 unspecified atom stereocenters. The lowest BCUT2D eigenvalue weighted by Crippen LogP contribution is -1.99. The summed E-state index contributed by atoms with van der Waals surface area (Å²) in [6, 6.07) is 41.9. The molecule has 0 spiro atoms. The third kappa shape index (κ3) is 3.96. The second kappa shape index (κ2) is 9.71. The van der Waals surface area contributed by atoms with E-state index < -0.39 is 0 Å². The van der Waals surface area contributed by atoms with Crippen molar-refractivity contribution in [1.82, 2.24) is 23.7 Å². The molecule has 208 valence electrons. The number of para-hydroxylation sites is 1. The largest absolute Gasteiger partial charge is 0.436 e. The Hall–Kier alpha value is -6.14. The zero-order chi connectivity index (χ0) is 29.0. The molecule has 0 aliphatic carbocycles. The molecule has 44 heavy (non-hydrogen) atoms. The van der Waals surface area contributed by atoms with Crippen LogP contribution in [0.1, 0.15) is 0 Å². The number of nitrogens with zero attached hydrogens (tertiary/aromatic N) is 5. The van der Waals surface area contributed by atoms with Gasteiger partial charge in [0.25, 0.3) is 0 Å². The molecule has 5 aromatic heterocycles. The fourth-order valence-corrected chi connectivity index (χ4v) is 6.15. The highest BCUT2D eigenvalue weighted by atomic mass is 16.3. The monoisotopic (exact) mass is 567 g/mol. The van der Waals surface area contributed by atoms with Gasteiger partial charge in [-0.15, -0.1) is 0 Å². The third-order valence-corrected chi connectivity index (χ3v) is 8.22. The number of benzene rings is 4. The number of hydrogen-bond acceptors (Lipinski definition) is 3. The van der Waals surface area contributed by atoms with Crippen molar-refractivity contribution in [3.63, 3.8) is 0 Å². The lowest BCUT2D eigenvalue weighted by Gasteiger charge is -2.14. The fraction of sp³-hybridized carbons (Fsp3) is 0. The third-order valence-electron chi connectivity index (χ3n) is 8.22. The van der Waals surface area contributed by atoms with Gasteiger partial charge in [0, 0.05) is 76.0 Å². The summed E-state index contributed by atoms with van der Waals surface area (Å²) in [5.74, 6) is 0.596. The van der Waals surface area contributed by atoms with Gasteiger partial charge < -0.3 is 18.1 Å². The van der Waals surface area contributed by atoms with Crippen LogP contribution in [-0.4, -0.2) is 23.7 Å². The van der Waals surface area contributed by atoms with Gasteiger partial charge in [0.2, 0.25) is 5.89 Å². The van der Waals surface area contributed by atoms with E-state index in [4.69, 9.17) is 9.40 Å².